The van der Waals surface area contributed by atoms with Gasteiger partial charge in [-0.25, -0.2) is 0 Å². The zero-order valence-corrected chi connectivity index (χ0v) is 11.8. The summed E-state index contributed by atoms with van der Waals surface area (Å²) in [6, 6.07) is 6.30. The van der Waals surface area contributed by atoms with Gasteiger partial charge in [0, 0.05) is 32.7 Å². The highest BCUT2D eigenvalue weighted by Crippen LogP contribution is 2.25. The van der Waals surface area contributed by atoms with Crippen molar-refractivity contribution in [3.8, 4) is 0 Å². The van der Waals surface area contributed by atoms with Crippen LogP contribution in [0, 0.1) is 12.8 Å². The van der Waals surface area contributed by atoms with Crippen LogP contribution in [0.1, 0.15) is 19.4 Å². The number of aryl methyl sites for hydroxylation is 1. The lowest BCUT2D eigenvalue weighted by molar-refractivity contribution is 0.231. The van der Waals surface area contributed by atoms with Crippen LogP contribution in [-0.4, -0.2) is 37.6 Å². The highest BCUT2D eigenvalue weighted by Gasteiger charge is 2.19. The minimum atomic E-state index is 0.751. The highest BCUT2D eigenvalue weighted by atomic mass is 15.3. The quantitative estimate of drug-likeness (QED) is 0.832. The van der Waals surface area contributed by atoms with Gasteiger partial charge in [-0.1, -0.05) is 19.9 Å². The molecule has 0 aliphatic carbocycles. The summed E-state index contributed by atoms with van der Waals surface area (Å²) >= 11 is 0. The molecule has 0 unspecified atom stereocenters. The number of nitrogens with zero attached hydrogens (tertiary/aromatic N) is 2. The van der Waals surface area contributed by atoms with Crippen molar-refractivity contribution in [2.75, 3.05) is 43.4 Å². The molecule has 3 nitrogen and oxygen atoms in total. The Morgan fingerprint density at radius 1 is 1.17 bits per heavy atom. The van der Waals surface area contributed by atoms with Crippen LogP contribution in [0.15, 0.2) is 18.2 Å². The van der Waals surface area contributed by atoms with Crippen LogP contribution in [0.2, 0.25) is 0 Å². The summed E-state index contributed by atoms with van der Waals surface area (Å²) in [5, 5.41) is 0. The van der Waals surface area contributed by atoms with E-state index in [1.165, 1.54) is 17.8 Å². The van der Waals surface area contributed by atoms with E-state index in [0.29, 0.717) is 0 Å². The molecule has 1 saturated heterocycles. The molecule has 1 aliphatic heterocycles. The normalized spacial score (nSPS) is 17.4. The van der Waals surface area contributed by atoms with Gasteiger partial charge in [-0.15, -0.1) is 0 Å². The van der Waals surface area contributed by atoms with Crippen molar-refractivity contribution in [3.63, 3.8) is 0 Å². The number of hydrogen-bond acceptors (Lipinski definition) is 3. The molecule has 0 spiro atoms. The predicted octanol–water partition coefficient (Wildman–Crippen LogP) is 2.36. The third-order valence-electron chi connectivity index (χ3n) is 3.52. The first-order chi connectivity index (χ1) is 8.56. The number of anilines is 2. The predicted molar refractivity (Wildman–Crippen MR) is 79.1 cm³/mol. The van der Waals surface area contributed by atoms with Crippen molar-refractivity contribution in [1.29, 1.82) is 0 Å². The summed E-state index contributed by atoms with van der Waals surface area (Å²) in [5.74, 6) is 0.751. The van der Waals surface area contributed by atoms with Gasteiger partial charge in [-0.05, 0) is 30.5 Å². The van der Waals surface area contributed by atoms with E-state index in [2.05, 4.69) is 42.7 Å². The molecule has 1 aromatic rings. The van der Waals surface area contributed by atoms with Crippen LogP contribution in [0.5, 0.6) is 0 Å². The lowest BCUT2D eigenvalue weighted by Gasteiger charge is -2.37. The van der Waals surface area contributed by atoms with Gasteiger partial charge >= 0.3 is 0 Å². The number of nitrogen functional groups attached to an aromatic ring is 1. The van der Waals surface area contributed by atoms with Crippen LogP contribution in [0.4, 0.5) is 11.4 Å². The first-order valence-electron chi connectivity index (χ1n) is 6.89. The molecule has 2 rings (SSSR count). The molecule has 3 heteroatoms. The van der Waals surface area contributed by atoms with Gasteiger partial charge in [-0.3, -0.25) is 4.90 Å². The van der Waals surface area contributed by atoms with Gasteiger partial charge in [0.25, 0.3) is 0 Å². The van der Waals surface area contributed by atoms with Gasteiger partial charge in [0.15, 0.2) is 0 Å². The molecule has 0 radical (unpaired) electrons. The summed E-state index contributed by atoms with van der Waals surface area (Å²) in [6.45, 7) is 12.4. The minimum absolute atomic E-state index is 0.751. The Hall–Kier alpha value is -1.22. The third kappa shape index (κ3) is 3.16. The summed E-state index contributed by atoms with van der Waals surface area (Å²) in [6.07, 6.45) is 0. The second kappa shape index (κ2) is 5.61. The maximum Gasteiger partial charge on any atom is 0.0603 e. The van der Waals surface area contributed by atoms with Gasteiger partial charge < -0.3 is 10.6 Å². The maximum atomic E-state index is 6.08. The molecule has 1 fully saturated rings. The molecule has 1 aliphatic rings. The van der Waals surface area contributed by atoms with Gasteiger partial charge in [0.2, 0.25) is 0 Å². The van der Waals surface area contributed by atoms with Gasteiger partial charge in [0.1, 0.15) is 0 Å². The Morgan fingerprint density at radius 2 is 1.83 bits per heavy atom. The Kier molecular flexibility index (Phi) is 4.12. The van der Waals surface area contributed by atoms with E-state index >= 15 is 0 Å². The van der Waals surface area contributed by atoms with Crippen molar-refractivity contribution in [2.45, 2.75) is 20.8 Å². The fourth-order valence-corrected chi connectivity index (χ4v) is 2.62. The number of piperazine rings is 1. The van der Waals surface area contributed by atoms with E-state index in [1.54, 1.807) is 0 Å². The van der Waals surface area contributed by atoms with E-state index in [0.717, 1.165) is 37.8 Å². The summed E-state index contributed by atoms with van der Waals surface area (Å²) in [4.78, 5) is 4.96. The first kappa shape index (κ1) is 13.2. The van der Waals surface area contributed by atoms with Crippen molar-refractivity contribution in [2.24, 2.45) is 5.92 Å². The number of rotatable bonds is 3. The fourth-order valence-electron chi connectivity index (χ4n) is 2.62. The van der Waals surface area contributed by atoms with E-state index in [1.807, 2.05) is 6.07 Å². The molecular weight excluding hydrogens is 222 g/mol. The number of nitrogens with two attached hydrogens (primary N) is 1. The average Bonchev–Trinajstić information content (AvgIpc) is 2.33. The fraction of sp³-hybridized carbons (Fsp3) is 0.600. The Morgan fingerprint density at radius 3 is 2.44 bits per heavy atom. The summed E-state index contributed by atoms with van der Waals surface area (Å²) < 4.78 is 0. The second-order valence-electron chi connectivity index (χ2n) is 5.74. The molecule has 0 saturated carbocycles. The summed E-state index contributed by atoms with van der Waals surface area (Å²) in [7, 11) is 0. The highest BCUT2D eigenvalue weighted by molar-refractivity contribution is 5.68. The van der Waals surface area contributed by atoms with Crippen molar-refractivity contribution in [3.05, 3.63) is 23.8 Å². The van der Waals surface area contributed by atoms with Crippen molar-refractivity contribution >= 4 is 11.4 Å². The first-order valence-corrected chi connectivity index (χ1v) is 6.89. The van der Waals surface area contributed by atoms with Gasteiger partial charge in [-0.2, -0.15) is 0 Å². The SMILES string of the molecule is Cc1ccc(N)c(N2CCN(CC(C)C)CC2)c1. The lowest BCUT2D eigenvalue weighted by Crippen LogP contribution is -2.47. The van der Waals surface area contributed by atoms with E-state index < -0.39 is 0 Å². The zero-order chi connectivity index (χ0) is 13.1. The molecule has 18 heavy (non-hydrogen) atoms. The van der Waals surface area contributed by atoms with Crippen LogP contribution >= 0.6 is 0 Å². The van der Waals surface area contributed by atoms with Crippen LogP contribution in [-0.2, 0) is 0 Å². The maximum absolute atomic E-state index is 6.08. The Balaban J connectivity index is 1.99. The van der Waals surface area contributed by atoms with Crippen LogP contribution < -0.4 is 10.6 Å². The van der Waals surface area contributed by atoms with Crippen LogP contribution in [0.3, 0.4) is 0 Å². The second-order valence-corrected chi connectivity index (χ2v) is 5.74. The molecule has 1 aromatic carbocycles. The molecule has 100 valence electrons. The largest absolute Gasteiger partial charge is 0.397 e. The van der Waals surface area contributed by atoms with E-state index in [9.17, 15) is 0 Å². The molecule has 0 bridgehead atoms. The lowest BCUT2D eigenvalue weighted by atomic mass is 10.1. The number of benzene rings is 1. The Labute approximate surface area is 111 Å². The van der Waals surface area contributed by atoms with Gasteiger partial charge in [0.05, 0.1) is 11.4 Å². The molecule has 0 atom stereocenters. The zero-order valence-electron chi connectivity index (χ0n) is 11.8. The topological polar surface area (TPSA) is 32.5 Å². The average molecular weight is 247 g/mol. The molecule has 0 aromatic heterocycles. The van der Waals surface area contributed by atoms with Crippen molar-refractivity contribution in [1.82, 2.24) is 4.90 Å². The van der Waals surface area contributed by atoms with Crippen molar-refractivity contribution < 1.29 is 0 Å². The van der Waals surface area contributed by atoms with E-state index in [4.69, 9.17) is 5.73 Å². The molecule has 1 heterocycles. The smallest absolute Gasteiger partial charge is 0.0603 e. The minimum Gasteiger partial charge on any atom is -0.397 e. The standard InChI is InChI=1S/C15H25N3/c1-12(2)11-17-6-8-18(9-7-17)15-10-13(3)4-5-14(15)16/h4-5,10,12H,6-9,11,16H2,1-3H3. The molecule has 0 amide bonds. The van der Waals surface area contributed by atoms with Crippen LogP contribution in [0.25, 0.3) is 0 Å². The molecule has 2 N–H and O–H groups in total. The van der Waals surface area contributed by atoms with E-state index in [-0.39, 0.29) is 0 Å². The Bertz CT molecular complexity index is 393. The third-order valence-corrected chi connectivity index (χ3v) is 3.52. The summed E-state index contributed by atoms with van der Waals surface area (Å²) in [5.41, 5.74) is 9.47. The number of hydrogen-bond donors (Lipinski definition) is 1. The monoisotopic (exact) mass is 247 g/mol. The molecular formula is C15H25N3.